The lowest BCUT2D eigenvalue weighted by Gasteiger charge is -2.26. The van der Waals surface area contributed by atoms with E-state index in [0.29, 0.717) is 0 Å². The van der Waals surface area contributed by atoms with Crippen molar-refractivity contribution in [3.63, 3.8) is 0 Å². The Balaban J connectivity index is 1.44. The van der Waals surface area contributed by atoms with E-state index >= 15 is 0 Å². The van der Waals surface area contributed by atoms with Crippen molar-refractivity contribution in [2.45, 2.75) is 6.04 Å². The van der Waals surface area contributed by atoms with Crippen LogP contribution < -0.4 is 5.32 Å². The van der Waals surface area contributed by atoms with Gasteiger partial charge in [0.25, 0.3) is 0 Å². The zero-order valence-corrected chi connectivity index (χ0v) is 23.5. The highest BCUT2D eigenvalue weighted by Gasteiger charge is 2.28. The SMILES string of the molecule is C1=C(n2c3ccc4ccccc4c3c3c4sccc4c4ccccc4c32)C(c2ccccc2)N=C(c2ccccc2)N1. The van der Waals surface area contributed by atoms with Crippen LogP contribution in [-0.4, -0.2) is 10.4 Å². The zero-order valence-electron chi connectivity index (χ0n) is 22.7. The number of hydrogen-bond donors (Lipinski definition) is 1. The summed E-state index contributed by atoms with van der Waals surface area (Å²) in [7, 11) is 0. The molecule has 0 fully saturated rings. The number of nitrogens with one attached hydrogen (secondary N) is 1. The van der Waals surface area contributed by atoms with Gasteiger partial charge in [-0.2, -0.15) is 0 Å². The first-order valence-corrected chi connectivity index (χ1v) is 15.1. The van der Waals surface area contributed by atoms with Crippen LogP contribution >= 0.6 is 11.3 Å². The molecule has 0 saturated heterocycles. The molecule has 3 heterocycles. The third-order valence-corrected chi connectivity index (χ3v) is 9.47. The molecule has 6 aromatic carbocycles. The van der Waals surface area contributed by atoms with Crippen molar-refractivity contribution in [3.8, 4) is 0 Å². The second-order valence-electron chi connectivity index (χ2n) is 10.8. The number of amidine groups is 1. The summed E-state index contributed by atoms with van der Waals surface area (Å²) < 4.78 is 3.81. The molecule has 3 nitrogen and oxygen atoms in total. The van der Waals surface area contributed by atoms with Gasteiger partial charge in [0.2, 0.25) is 0 Å². The molecule has 0 radical (unpaired) electrons. The largest absolute Gasteiger partial charge is 0.345 e. The first kappa shape index (κ1) is 23.5. The van der Waals surface area contributed by atoms with Crippen LogP contribution in [0.2, 0.25) is 0 Å². The molecule has 1 atom stereocenters. The van der Waals surface area contributed by atoms with Crippen molar-refractivity contribution >= 4 is 76.3 Å². The monoisotopic (exact) mass is 555 g/mol. The number of nitrogens with zero attached hydrogens (tertiary/aromatic N) is 2. The number of thiophene rings is 1. The maximum atomic E-state index is 5.39. The Kier molecular flexibility index (Phi) is 5.13. The standard InChI is InChI=1S/C38H25N3S/c1-3-12-25(13-4-1)35-32(23-39-38(40-35)26-14-5-2-6-15-26)41-31-20-19-24-11-7-8-16-27(24)33(31)34-36(41)29-18-10-9-17-28(29)30-21-22-42-37(30)34/h1-23,35H,(H,39,40). The van der Waals surface area contributed by atoms with E-state index in [2.05, 4.69) is 143 Å². The summed E-state index contributed by atoms with van der Waals surface area (Å²) in [5.41, 5.74) is 5.78. The summed E-state index contributed by atoms with van der Waals surface area (Å²) in [6.45, 7) is 0. The lowest BCUT2D eigenvalue weighted by Crippen LogP contribution is -2.26. The highest BCUT2D eigenvalue weighted by atomic mass is 32.1. The third kappa shape index (κ3) is 3.36. The van der Waals surface area contributed by atoms with Gasteiger partial charge < -0.3 is 9.88 Å². The molecule has 42 heavy (non-hydrogen) atoms. The summed E-state index contributed by atoms with van der Waals surface area (Å²) in [4.78, 5) is 5.39. The van der Waals surface area contributed by atoms with E-state index in [1.165, 1.54) is 53.4 Å². The fourth-order valence-corrected chi connectivity index (χ4v) is 7.68. The number of aliphatic imine (C=N–C) groups is 1. The Bertz CT molecular complexity index is 2380. The average molecular weight is 556 g/mol. The normalized spacial score (nSPS) is 15.4. The van der Waals surface area contributed by atoms with E-state index in [0.717, 1.165) is 22.7 Å². The van der Waals surface area contributed by atoms with Gasteiger partial charge in [-0.3, -0.25) is 4.99 Å². The van der Waals surface area contributed by atoms with E-state index in [4.69, 9.17) is 4.99 Å². The van der Waals surface area contributed by atoms with Crippen LogP contribution in [0, 0.1) is 0 Å². The fourth-order valence-electron chi connectivity index (χ4n) is 6.72. The van der Waals surface area contributed by atoms with Gasteiger partial charge >= 0.3 is 0 Å². The fraction of sp³-hybridized carbons (Fsp3) is 0.0263. The molecule has 8 aromatic rings. The van der Waals surface area contributed by atoms with E-state index in [9.17, 15) is 0 Å². The molecule has 1 aliphatic rings. The van der Waals surface area contributed by atoms with Crippen molar-refractivity contribution in [3.05, 3.63) is 150 Å². The smallest absolute Gasteiger partial charge is 0.133 e. The van der Waals surface area contributed by atoms with Gasteiger partial charge in [-0.25, -0.2) is 0 Å². The molecule has 9 rings (SSSR count). The number of fused-ring (bicyclic) bond motifs is 10. The highest BCUT2D eigenvalue weighted by Crippen LogP contribution is 2.48. The van der Waals surface area contributed by atoms with E-state index < -0.39 is 0 Å². The molecular formula is C38H25N3S. The van der Waals surface area contributed by atoms with E-state index in [-0.39, 0.29) is 6.04 Å². The molecule has 0 bridgehead atoms. The zero-order chi connectivity index (χ0) is 27.6. The van der Waals surface area contributed by atoms with Crippen molar-refractivity contribution in [2.24, 2.45) is 4.99 Å². The third-order valence-electron chi connectivity index (χ3n) is 8.54. The minimum absolute atomic E-state index is 0.189. The minimum Gasteiger partial charge on any atom is -0.345 e. The van der Waals surface area contributed by atoms with Crippen molar-refractivity contribution < 1.29 is 0 Å². The second kappa shape index (κ2) is 9.16. The number of benzene rings is 6. The van der Waals surface area contributed by atoms with Crippen LogP contribution in [0.1, 0.15) is 17.2 Å². The van der Waals surface area contributed by atoms with Gasteiger partial charge in [-0.05, 0) is 39.2 Å². The molecular weight excluding hydrogens is 531 g/mol. The Morgan fingerprint density at radius 3 is 2.17 bits per heavy atom. The maximum Gasteiger partial charge on any atom is 0.133 e. The molecule has 0 aliphatic carbocycles. The Morgan fingerprint density at radius 2 is 1.33 bits per heavy atom. The van der Waals surface area contributed by atoms with Crippen molar-refractivity contribution in [1.29, 1.82) is 0 Å². The number of hydrogen-bond acceptors (Lipinski definition) is 3. The molecule has 198 valence electrons. The molecule has 0 saturated carbocycles. The predicted octanol–water partition coefficient (Wildman–Crippen LogP) is 9.91. The molecule has 1 aliphatic heterocycles. The molecule has 1 unspecified atom stereocenters. The molecule has 0 amide bonds. The Hall–Kier alpha value is -5.19. The van der Waals surface area contributed by atoms with Gasteiger partial charge in [-0.1, -0.05) is 115 Å². The second-order valence-corrected chi connectivity index (χ2v) is 11.7. The van der Waals surface area contributed by atoms with Crippen molar-refractivity contribution in [1.82, 2.24) is 9.88 Å². The van der Waals surface area contributed by atoms with Crippen LogP contribution in [0.4, 0.5) is 0 Å². The van der Waals surface area contributed by atoms with Gasteiger partial charge in [0.15, 0.2) is 0 Å². The van der Waals surface area contributed by atoms with Gasteiger partial charge in [0.05, 0.1) is 16.7 Å². The highest BCUT2D eigenvalue weighted by molar-refractivity contribution is 7.18. The minimum atomic E-state index is -0.189. The van der Waals surface area contributed by atoms with Crippen LogP contribution in [0.25, 0.3) is 59.1 Å². The molecule has 1 N–H and O–H groups in total. The van der Waals surface area contributed by atoms with Crippen molar-refractivity contribution in [2.75, 3.05) is 0 Å². The summed E-state index contributed by atoms with van der Waals surface area (Å²) in [6, 6.07) is 45.3. The van der Waals surface area contributed by atoms with E-state index in [1.54, 1.807) is 0 Å². The Morgan fingerprint density at radius 1 is 0.619 bits per heavy atom. The van der Waals surface area contributed by atoms with Gasteiger partial charge in [0.1, 0.15) is 11.9 Å². The lowest BCUT2D eigenvalue weighted by molar-refractivity contribution is 0.845. The quantitative estimate of drug-likeness (QED) is 0.231. The van der Waals surface area contributed by atoms with Crippen LogP contribution in [-0.2, 0) is 0 Å². The van der Waals surface area contributed by atoms with Gasteiger partial charge in [0, 0.05) is 38.0 Å². The summed E-state index contributed by atoms with van der Waals surface area (Å²) in [6.07, 6.45) is 2.18. The first-order chi connectivity index (χ1) is 20.9. The van der Waals surface area contributed by atoms with Crippen LogP contribution in [0.5, 0.6) is 0 Å². The maximum absolute atomic E-state index is 5.39. The van der Waals surface area contributed by atoms with E-state index in [1.807, 2.05) is 17.4 Å². The van der Waals surface area contributed by atoms with Crippen LogP contribution in [0.15, 0.2) is 144 Å². The topological polar surface area (TPSA) is 29.3 Å². The number of rotatable bonds is 3. The molecule has 0 spiro atoms. The van der Waals surface area contributed by atoms with Gasteiger partial charge in [-0.15, -0.1) is 11.3 Å². The predicted molar refractivity (Wildman–Crippen MR) is 179 cm³/mol. The first-order valence-electron chi connectivity index (χ1n) is 14.3. The summed E-state index contributed by atoms with van der Waals surface area (Å²) in [5.74, 6) is 0.880. The molecule has 2 aromatic heterocycles. The number of aromatic nitrogens is 1. The van der Waals surface area contributed by atoms with Crippen LogP contribution in [0.3, 0.4) is 0 Å². The average Bonchev–Trinajstić information content (AvgIpc) is 3.69. The molecule has 4 heteroatoms. The lowest BCUT2D eigenvalue weighted by atomic mass is 9.99. The Labute approximate surface area is 246 Å². The summed E-state index contributed by atoms with van der Waals surface area (Å²) in [5, 5.41) is 14.8. The summed E-state index contributed by atoms with van der Waals surface area (Å²) >= 11 is 1.83.